The van der Waals surface area contributed by atoms with Crippen LogP contribution in [0.5, 0.6) is 0 Å². The number of para-hydroxylation sites is 1. The lowest BCUT2D eigenvalue weighted by molar-refractivity contribution is -0.139. The first-order valence-electron chi connectivity index (χ1n) is 7.45. The Morgan fingerprint density at radius 2 is 2.13 bits per heavy atom. The van der Waals surface area contributed by atoms with Gasteiger partial charge in [0.15, 0.2) is 0 Å². The topological polar surface area (TPSA) is 57.7 Å². The molecule has 3 atom stereocenters. The number of amides is 2. The van der Waals surface area contributed by atoms with Gasteiger partial charge >= 0.3 is 0 Å². The van der Waals surface area contributed by atoms with Crippen LogP contribution in [0, 0.1) is 5.92 Å². The molecular formula is C16H21BrN2O3S. The van der Waals surface area contributed by atoms with Crippen LogP contribution in [0.15, 0.2) is 28.7 Å². The van der Waals surface area contributed by atoms with Crippen LogP contribution in [0.1, 0.15) is 13.3 Å². The third-order valence-electron chi connectivity index (χ3n) is 4.13. The molecule has 5 nitrogen and oxygen atoms in total. The third-order valence-corrected chi connectivity index (χ3v) is 5.75. The van der Waals surface area contributed by atoms with Gasteiger partial charge in [-0.2, -0.15) is 0 Å². The Kier molecular flexibility index (Phi) is 5.97. The van der Waals surface area contributed by atoms with Crippen LogP contribution in [0.3, 0.4) is 0 Å². The number of hydrogen-bond donors (Lipinski definition) is 0. The fraction of sp³-hybridized carbons (Fsp3) is 0.500. The molecule has 1 heterocycles. The summed E-state index contributed by atoms with van der Waals surface area (Å²) in [6.07, 6.45) is 2.12. The minimum absolute atomic E-state index is 0.154. The largest absolute Gasteiger partial charge is 0.341 e. The second-order valence-electron chi connectivity index (χ2n) is 5.82. The summed E-state index contributed by atoms with van der Waals surface area (Å²) in [4.78, 5) is 28.5. The van der Waals surface area contributed by atoms with Gasteiger partial charge in [0, 0.05) is 46.9 Å². The predicted octanol–water partition coefficient (Wildman–Crippen LogP) is 2.03. The second-order valence-corrected chi connectivity index (χ2v) is 8.15. The van der Waals surface area contributed by atoms with E-state index >= 15 is 0 Å². The summed E-state index contributed by atoms with van der Waals surface area (Å²) in [5.74, 6) is -0.599. The van der Waals surface area contributed by atoms with Gasteiger partial charge in [0.25, 0.3) is 0 Å². The highest BCUT2D eigenvalue weighted by molar-refractivity contribution is 9.10. The zero-order chi connectivity index (χ0) is 17.1. The number of carbonyl (C=O) groups excluding carboxylic acids is 2. The average Bonchev–Trinajstić information content (AvgIpc) is 2.87. The van der Waals surface area contributed by atoms with Crippen molar-refractivity contribution in [2.75, 3.05) is 30.5 Å². The summed E-state index contributed by atoms with van der Waals surface area (Å²) in [5.41, 5.74) is 0.790. The summed E-state index contributed by atoms with van der Waals surface area (Å²) in [5, 5.41) is 0. The molecule has 3 unspecified atom stereocenters. The number of anilines is 1. The smallest absolute Gasteiger partial charge is 0.239 e. The van der Waals surface area contributed by atoms with Crippen LogP contribution < -0.4 is 4.90 Å². The minimum atomic E-state index is -0.978. The number of hydrogen-bond acceptors (Lipinski definition) is 3. The van der Waals surface area contributed by atoms with Crippen molar-refractivity contribution in [1.29, 1.82) is 0 Å². The highest BCUT2D eigenvalue weighted by Gasteiger charge is 2.40. The van der Waals surface area contributed by atoms with Crippen molar-refractivity contribution in [3.8, 4) is 0 Å². The van der Waals surface area contributed by atoms with Crippen molar-refractivity contribution in [2.24, 2.45) is 5.92 Å². The Balaban J connectivity index is 2.11. The first-order valence-corrected chi connectivity index (χ1v) is 9.97. The third kappa shape index (κ3) is 4.01. The Hall–Kier alpha value is -1.21. The molecule has 0 bridgehead atoms. The van der Waals surface area contributed by atoms with E-state index in [1.807, 2.05) is 31.2 Å². The SMILES string of the molecule is CC(CS(C)=O)N(C)C(=O)C1CCN(c2ccccc2Br)C1=O. The van der Waals surface area contributed by atoms with Gasteiger partial charge < -0.3 is 9.80 Å². The lowest BCUT2D eigenvalue weighted by atomic mass is 10.1. The normalized spacial score (nSPS) is 20.4. The maximum absolute atomic E-state index is 12.6. The molecule has 1 aliphatic heterocycles. The molecule has 1 aliphatic rings. The fourth-order valence-corrected chi connectivity index (χ4v) is 4.14. The van der Waals surface area contributed by atoms with Crippen molar-refractivity contribution in [3.63, 3.8) is 0 Å². The standard InChI is InChI=1S/C16H21BrN2O3S/c1-11(10-23(3)22)18(2)15(20)12-8-9-19(16(12)21)14-7-5-4-6-13(14)17/h4-7,11-12H,8-10H2,1-3H3. The van der Waals surface area contributed by atoms with Gasteiger partial charge in [-0.15, -0.1) is 0 Å². The first-order chi connectivity index (χ1) is 10.8. The van der Waals surface area contributed by atoms with Crippen molar-refractivity contribution in [2.45, 2.75) is 19.4 Å². The summed E-state index contributed by atoms with van der Waals surface area (Å²) in [7, 11) is 0.697. The van der Waals surface area contributed by atoms with Crippen molar-refractivity contribution in [1.82, 2.24) is 4.90 Å². The van der Waals surface area contributed by atoms with Crippen molar-refractivity contribution >= 4 is 44.2 Å². The lowest BCUT2D eigenvalue weighted by Gasteiger charge is -2.26. The lowest BCUT2D eigenvalue weighted by Crippen LogP contribution is -2.44. The summed E-state index contributed by atoms with van der Waals surface area (Å²) in [6.45, 7) is 2.38. The molecule has 23 heavy (non-hydrogen) atoms. The quantitative estimate of drug-likeness (QED) is 0.710. The van der Waals surface area contributed by atoms with E-state index in [9.17, 15) is 13.8 Å². The maximum atomic E-state index is 12.6. The Morgan fingerprint density at radius 1 is 1.48 bits per heavy atom. The number of benzene rings is 1. The summed E-state index contributed by atoms with van der Waals surface area (Å²) < 4.78 is 12.2. The van der Waals surface area contributed by atoms with Crippen LogP contribution in [-0.2, 0) is 20.4 Å². The van der Waals surface area contributed by atoms with E-state index < -0.39 is 16.7 Å². The molecule has 126 valence electrons. The molecule has 0 radical (unpaired) electrons. The monoisotopic (exact) mass is 400 g/mol. The summed E-state index contributed by atoms with van der Waals surface area (Å²) >= 11 is 3.45. The molecule has 0 N–H and O–H groups in total. The van der Waals surface area contributed by atoms with Crippen LogP contribution >= 0.6 is 15.9 Å². The van der Waals surface area contributed by atoms with Gasteiger partial charge in [0.1, 0.15) is 5.92 Å². The van der Waals surface area contributed by atoms with E-state index in [4.69, 9.17) is 0 Å². The Bertz CT molecular complexity index is 638. The molecule has 1 aromatic carbocycles. The maximum Gasteiger partial charge on any atom is 0.239 e. The van der Waals surface area contributed by atoms with Crippen molar-refractivity contribution < 1.29 is 13.8 Å². The fourth-order valence-electron chi connectivity index (χ4n) is 2.73. The number of nitrogens with zero attached hydrogens (tertiary/aromatic N) is 2. The van der Waals surface area contributed by atoms with Gasteiger partial charge in [-0.05, 0) is 41.4 Å². The highest BCUT2D eigenvalue weighted by atomic mass is 79.9. The van der Waals surface area contributed by atoms with E-state index in [-0.39, 0.29) is 17.9 Å². The van der Waals surface area contributed by atoms with Gasteiger partial charge in [0.2, 0.25) is 11.8 Å². The molecule has 2 rings (SSSR count). The predicted molar refractivity (Wildman–Crippen MR) is 95.8 cm³/mol. The van der Waals surface area contributed by atoms with Gasteiger partial charge in [0.05, 0.1) is 5.69 Å². The molecule has 2 amide bonds. The van der Waals surface area contributed by atoms with Crippen LogP contribution in [0.2, 0.25) is 0 Å². The second kappa shape index (κ2) is 7.57. The molecular weight excluding hydrogens is 380 g/mol. The van der Waals surface area contributed by atoms with E-state index in [0.717, 1.165) is 10.2 Å². The van der Waals surface area contributed by atoms with E-state index in [1.165, 1.54) is 0 Å². The van der Waals surface area contributed by atoms with E-state index in [0.29, 0.717) is 18.7 Å². The van der Waals surface area contributed by atoms with Gasteiger partial charge in [-0.1, -0.05) is 12.1 Å². The molecule has 1 aromatic rings. The van der Waals surface area contributed by atoms with E-state index in [2.05, 4.69) is 15.9 Å². The molecule has 0 saturated carbocycles. The van der Waals surface area contributed by atoms with Crippen LogP contribution in [-0.4, -0.2) is 52.6 Å². The number of halogens is 1. The number of carbonyl (C=O) groups is 2. The molecule has 0 spiro atoms. The first kappa shape index (κ1) is 18.1. The zero-order valence-corrected chi connectivity index (χ0v) is 15.9. The molecule has 7 heteroatoms. The number of rotatable bonds is 5. The van der Waals surface area contributed by atoms with Gasteiger partial charge in [-0.3, -0.25) is 13.8 Å². The Morgan fingerprint density at radius 3 is 2.74 bits per heavy atom. The molecule has 1 fully saturated rings. The summed E-state index contributed by atoms with van der Waals surface area (Å²) in [6, 6.07) is 7.34. The van der Waals surface area contributed by atoms with E-state index in [1.54, 1.807) is 23.1 Å². The molecule has 0 aliphatic carbocycles. The minimum Gasteiger partial charge on any atom is -0.341 e. The average molecular weight is 401 g/mol. The molecule has 1 saturated heterocycles. The van der Waals surface area contributed by atoms with Gasteiger partial charge in [-0.25, -0.2) is 0 Å². The zero-order valence-electron chi connectivity index (χ0n) is 13.5. The van der Waals surface area contributed by atoms with Crippen molar-refractivity contribution in [3.05, 3.63) is 28.7 Å². The highest BCUT2D eigenvalue weighted by Crippen LogP contribution is 2.32. The van der Waals surface area contributed by atoms with Crippen LogP contribution in [0.25, 0.3) is 0 Å². The Labute approximate surface area is 147 Å². The molecule has 0 aromatic heterocycles. The van der Waals surface area contributed by atoms with Crippen LogP contribution in [0.4, 0.5) is 5.69 Å².